The van der Waals surface area contributed by atoms with Crippen molar-refractivity contribution in [2.75, 3.05) is 24.6 Å². The van der Waals surface area contributed by atoms with Gasteiger partial charge in [-0.3, -0.25) is 4.79 Å². The molecular weight excluding hydrogens is 294 g/mol. The number of rotatable bonds is 4. The molecule has 1 aliphatic heterocycles. The Labute approximate surface area is 116 Å². The summed E-state index contributed by atoms with van der Waals surface area (Å²) in [5.74, 6) is 0. The highest BCUT2D eigenvalue weighted by atomic mass is 79.9. The zero-order valence-electron chi connectivity index (χ0n) is 10.6. The van der Waals surface area contributed by atoms with Crippen LogP contribution in [0.2, 0.25) is 0 Å². The second-order valence-electron chi connectivity index (χ2n) is 4.47. The third kappa shape index (κ3) is 3.12. The fourth-order valence-corrected chi connectivity index (χ4v) is 2.78. The number of nitrogens with zero attached hydrogens (tertiary/aromatic N) is 1. The molecule has 0 aromatic heterocycles. The van der Waals surface area contributed by atoms with Crippen molar-refractivity contribution < 1.29 is 9.53 Å². The molecule has 18 heavy (non-hydrogen) atoms. The first-order chi connectivity index (χ1) is 8.74. The number of ether oxygens (including phenoxy) is 1. The predicted octanol–water partition coefficient (Wildman–Crippen LogP) is 3.27. The molecule has 0 amide bonds. The van der Waals surface area contributed by atoms with Gasteiger partial charge in [0.05, 0.1) is 6.10 Å². The molecular formula is C14H18BrNO2. The average molecular weight is 312 g/mol. The first kappa shape index (κ1) is 13.6. The molecule has 1 aromatic carbocycles. The molecule has 1 saturated heterocycles. The summed E-state index contributed by atoms with van der Waals surface area (Å²) in [6.45, 7) is 4.86. The normalized spacial score (nSPS) is 16.9. The van der Waals surface area contributed by atoms with Gasteiger partial charge in [0.25, 0.3) is 0 Å². The van der Waals surface area contributed by atoms with E-state index in [1.807, 2.05) is 25.1 Å². The molecule has 0 atom stereocenters. The number of hydrogen-bond donors (Lipinski definition) is 0. The SMILES string of the molecule is CCOC1CCN(c2ccc(C=O)c(Br)c2)CC1. The second-order valence-corrected chi connectivity index (χ2v) is 5.32. The maximum absolute atomic E-state index is 10.8. The standard InChI is InChI=1S/C14H18BrNO2/c1-2-18-13-5-7-16(8-6-13)12-4-3-11(10-17)14(15)9-12/h3-4,9-10,13H,2,5-8H2,1H3. The molecule has 0 unspecified atom stereocenters. The van der Waals surface area contributed by atoms with E-state index in [4.69, 9.17) is 4.74 Å². The van der Waals surface area contributed by atoms with Gasteiger partial charge in [-0.05, 0) is 53.9 Å². The van der Waals surface area contributed by atoms with Crippen molar-refractivity contribution in [3.63, 3.8) is 0 Å². The van der Waals surface area contributed by atoms with Gasteiger partial charge in [-0.25, -0.2) is 0 Å². The smallest absolute Gasteiger partial charge is 0.151 e. The molecule has 0 radical (unpaired) electrons. The van der Waals surface area contributed by atoms with E-state index in [0.29, 0.717) is 11.7 Å². The van der Waals surface area contributed by atoms with Crippen molar-refractivity contribution in [3.8, 4) is 0 Å². The molecule has 0 aliphatic carbocycles. The molecule has 2 rings (SSSR count). The molecule has 0 spiro atoms. The first-order valence-electron chi connectivity index (χ1n) is 6.36. The van der Waals surface area contributed by atoms with Gasteiger partial charge in [-0.2, -0.15) is 0 Å². The number of anilines is 1. The van der Waals surface area contributed by atoms with Gasteiger partial charge in [0.2, 0.25) is 0 Å². The van der Waals surface area contributed by atoms with Crippen molar-refractivity contribution in [3.05, 3.63) is 28.2 Å². The quantitative estimate of drug-likeness (QED) is 0.799. The van der Waals surface area contributed by atoms with Crippen molar-refractivity contribution in [2.45, 2.75) is 25.9 Å². The van der Waals surface area contributed by atoms with Crippen LogP contribution in [0.4, 0.5) is 5.69 Å². The molecule has 0 saturated carbocycles. The molecule has 1 aromatic rings. The fraction of sp³-hybridized carbons (Fsp3) is 0.500. The van der Waals surface area contributed by atoms with Crippen molar-refractivity contribution >= 4 is 27.9 Å². The van der Waals surface area contributed by atoms with Crippen LogP contribution in [0.25, 0.3) is 0 Å². The van der Waals surface area contributed by atoms with Gasteiger partial charge >= 0.3 is 0 Å². The van der Waals surface area contributed by atoms with Gasteiger partial charge in [0.1, 0.15) is 0 Å². The highest BCUT2D eigenvalue weighted by Crippen LogP contribution is 2.26. The Morgan fingerprint density at radius 1 is 1.44 bits per heavy atom. The van der Waals surface area contributed by atoms with Crippen LogP contribution in [0.3, 0.4) is 0 Å². The van der Waals surface area contributed by atoms with E-state index in [1.54, 1.807) is 0 Å². The number of halogens is 1. The van der Waals surface area contributed by atoms with Crippen LogP contribution in [0.15, 0.2) is 22.7 Å². The Morgan fingerprint density at radius 3 is 2.72 bits per heavy atom. The lowest BCUT2D eigenvalue weighted by Gasteiger charge is -2.33. The summed E-state index contributed by atoms with van der Waals surface area (Å²) in [6, 6.07) is 5.89. The van der Waals surface area contributed by atoms with Crippen LogP contribution in [0.5, 0.6) is 0 Å². The highest BCUT2D eigenvalue weighted by molar-refractivity contribution is 9.10. The van der Waals surface area contributed by atoms with Crippen molar-refractivity contribution in [1.29, 1.82) is 0 Å². The van der Waals surface area contributed by atoms with Gasteiger partial charge < -0.3 is 9.64 Å². The van der Waals surface area contributed by atoms with Crippen LogP contribution in [0.1, 0.15) is 30.1 Å². The molecule has 1 fully saturated rings. The van der Waals surface area contributed by atoms with Crippen LogP contribution in [0, 0.1) is 0 Å². The number of carbonyl (C=O) groups is 1. The zero-order chi connectivity index (χ0) is 13.0. The highest BCUT2D eigenvalue weighted by Gasteiger charge is 2.19. The number of benzene rings is 1. The van der Waals surface area contributed by atoms with E-state index in [9.17, 15) is 4.79 Å². The van der Waals surface area contributed by atoms with Crippen LogP contribution >= 0.6 is 15.9 Å². The Bertz CT molecular complexity index is 414. The van der Waals surface area contributed by atoms with Gasteiger partial charge in [-0.15, -0.1) is 0 Å². The topological polar surface area (TPSA) is 29.5 Å². The van der Waals surface area contributed by atoms with Crippen molar-refractivity contribution in [2.24, 2.45) is 0 Å². The van der Waals surface area contributed by atoms with Gasteiger partial charge in [0.15, 0.2) is 6.29 Å². The lowest BCUT2D eigenvalue weighted by Crippen LogP contribution is -2.37. The third-order valence-electron chi connectivity index (χ3n) is 3.32. The second kappa shape index (κ2) is 6.34. The average Bonchev–Trinajstić information content (AvgIpc) is 2.40. The van der Waals surface area contributed by atoms with Crippen LogP contribution in [-0.2, 0) is 4.74 Å². The van der Waals surface area contributed by atoms with Gasteiger partial charge in [-0.1, -0.05) is 0 Å². The zero-order valence-corrected chi connectivity index (χ0v) is 12.1. The Balaban J connectivity index is 2.01. The number of hydrogen-bond acceptors (Lipinski definition) is 3. The van der Waals surface area contributed by atoms with Crippen LogP contribution < -0.4 is 4.90 Å². The number of carbonyl (C=O) groups excluding carboxylic acids is 1. The third-order valence-corrected chi connectivity index (χ3v) is 4.01. The molecule has 0 N–H and O–H groups in total. The summed E-state index contributed by atoms with van der Waals surface area (Å²) >= 11 is 3.43. The molecule has 1 heterocycles. The molecule has 98 valence electrons. The maximum atomic E-state index is 10.8. The fourth-order valence-electron chi connectivity index (χ4n) is 2.32. The minimum absolute atomic E-state index is 0.406. The van der Waals surface area contributed by atoms with Gasteiger partial charge in [0, 0.05) is 35.4 Å². The van der Waals surface area contributed by atoms with E-state index in [0.717, 1.165) is 43.3 Å². The number of piperidine rings is 1. The lowest BCUT2D eigenvalue weighted by molar-refractivity contribution is 0.0459. The minimum atomic E-state index is 0.406. The summed E-state index contributed by atoms with van der Waals surface area (Å²) in [5.41, 5.74) is 1.87. The first-order valence-corrected chi connectivity index (χ1v) is 7.15. The largest absolute Gasteiger partial charge is 0.378 e. The number of aldehydes is 1. The molecule has 1 aliphatic rings. The van der Waals surface area contributed by atoms with E-state index >= 15 is 0 Å². The Kier molecular flexibility index (Phi) is 4.78. The van der Waals surface area contributed by atoms with E-state index < -0.39 is 0 Å². The van der Waals surface area contributed by atoms with E-state index in [2.05, 4.69) is 20.8 Å². The van der Waals surface area contributed by atoms with E-state index in [1.165, 1.54) is 5.69 Å². The summed E-state index contributed by atoms with van der Waals surface area (Å²) in [4.78, 5) is 13.1. The van der Waals surface area contributed by atoms with E-state index in [-0.39, 0.29) is 0 Å². The lowest BCUT2D eigenvalue weighted by atomic mass is 10.1. The monoisotopic (exact) mass is 311 g/mol. The summed E-state index contributed by atoms with van der Waals surface area (Å²) in [5, 5.41) is 0. The maximum Gasteiger partial charge on any atom is 0.151 e. The minimum Gasteiger partial charge on any atom is -0.378 e. The summed E-state index contributed by atoms with van der Waals surface area (Å²) in [6.07, 6.45) is 3.42. The Hall–Kier alpha value is -0.870. The summed E-state index contributed by atoms with van der Waals surface area (Å²) in [7, 11) is 0. The molecule has 4 heteroatoms. The molecule has 0 bridgehead atoms. The molecule has 3 nitrogen and oxygen atoms in total. The Morgan fingerprint density at radius 2 is 2.17 bits per heavy atom. The van der Waals surface area contributed by atoms with Crippen molar-refractivity contribution in [1.82, 2.24) is 0 Å². The van der Waals surface area contributed by atoms with Crippen LogP contribution in [-0.4, -0.2) is 32.1 Å². The predicted molar refractivity (Wildman–Crippen MR) is 76.4 cm³/mol. The summed E-state index contributed by atoms with van der Waals surface area (Å²) < 4.78 is 6.51.